The van der Waals surface area contributed by atoms with Gasteiger partial charge >= 0.3 is 12.5 Å². The van der Waals surface area contributed by atoms with Crippen molar-refractivity contribution in [2.24, 2.45) is 0 Å². The molecule has 0 spiro atoms. The van der Waals surface area contributed by atoms with Gasteiger partial charge in [0.2, 0.25) is 0 Å². The van der Waals surface area contributed by atoms with Crippen molar-refractivity contribution in [3.05, 3.63) is 35.9 Å². The Morgan fingerprint density at radius 2 is 2.12 bits per heavy atom. The third kappa shape index (κ3) is 5.55. The van der Waals surface area contributed by atoms with E-state index in [1.807, 2.05) is 0 Å². The molecule has 4 rings (SSSR count). The number of ether oxygens (including phenoxy) is 2. The molecule has 1 aliphatic rings. The number of carbonyl (C=O) groups is 1. The van der Waals surface area contributed by atoms with E-state index < -0.39 is 37.3 Å². The Balaban J connectivity index is 1.43. The molecule has 14 heteroatoms. The first-order valence-corrected chi connectivity index (χ1v) is 10.6. The highest BCUT2D eigenvalue weighted by molar-refractivity contribution is 5.72. The summed E-state index contributed by atoms with van der Waals surface area (Å²) in [4.78, 5) is 16.0. The van der Waals surface area contributed by atoms with Gasteiger partial charge in [0.05, 0.1) is 5.69 Å². The van der Waals surface area contributed by atoms with Crippen LogP contribution in [0.4, 0.5) is 34.0 Å². The van der Waals surface area contributed by atoms with Gasteiger partial charge < -0.3 is 15.4 Å². The van der Waals surface area contributed by atoms with Crippen LogP contribution in [0.1, 0.15) is 44.0 Å². The topological polar surface area (TPSA) is 118 Å². The average molecular weight is 485 g/mol. The summed E-state index contributed by atoms with van der Waals surface area (Å²) in [6.07, 6.45) is -3.95. The zero-order chi connectivity index (χ0) is 24.5. The number of carbonyl (C=O) groups excluding carboxylic acids is 1. The van der Waals surface area contributed by atoms with Crippen molar-refractivity contribution in [2.45, 2.75) is 63.9 Å². The Kier molecular flexibility index (Phi) is 6.59. The van der Waals surface area contributed by atoms with Crippen LogP contribution >= 0.6 is 0 Å². The van der Waals surface area contributed by atoms with Crippen LogP contribution in [0.2, 0.25) is 0 Å². The number of amides is 1. The van der Waals surface area contributed by atoms with Crippen molar-refractivity contribution < 1.29 is 31.8 Å². The van der Waals surface area contributed by atoms with Crippen LogP contribution in [-0.4, -0.2) is 55.6 Å². The molecule has 0 aliphatic heterocycles. The number of fused-ring (bicyclic) bond motifs is 1. The lowest BCUT2D eigenvalue weighted by Crippen LogP contribution is -2.36. The maximum absolute atomic E-state index is 15.0. The standard InChI is InChI=1S/C20H23F4N7O3/c1-10(2)26-19(32)34-15-4-3-12(17(15)21)13-8-16(29-28-13)27-18-14-7-11(9-33-20(22,23)24)30-31(14)6-5-25-18/h5-8,10,12,15,17H,3-4,9H2,1-2H3,(H,26,32)(H2,25,27,28,29)/t12-,15-,17-/m0/s1. The molecule has 3 aromatic heterocycles. The van der Waals surface area contributed by atoms with E-state index in [-0.39, 0.29) is 11.7 Å². The normalized spacial score (nSPS) is 20.7. The lowest BCUT2D eigenvalue weighted by molar-refractivity contribution is -0.330. The number of halogens is 4. The number of rotatable bonds is 7. The molecule has 0 saturated heterocycles. The molecule has 3 heterocycles. The fourth-order valence-corrected chi connectivity index (χ4v) is 3.79. The molecule has 3 atom stereocenters. The zero-order valence-electron chi connectivity index (χ0n) is 18.3. The molecular weight excluding hydrogens is 462 g/mol. The van der Waals surface area contributed by atoms with Crippen LogP contribution in [0.3, 0.4) is 0 Å². The van der Waals surface area contributed by atoms with Crippen molar-refractivity contribution in [1.29, 1.82) is 0 Å². The minimum atomic E-state index is -4.77. The Bertz CT molecular complexity index is 1150. The minimum Gasteiger partial charge on any atom is -0.443 e. The highest BCUT2D eigenvalue weighted by Crippen LogP contribution is 2.38. The van der Waals surface area contributed by atoms with Crippen molar-refractivity contribution in [3.8, 4) is 0 Å². The highest BCUT2D eigenvalue weighted by atomic mass is 19.4. The number of aromatic nitrogens is 5. The zero-order valence-corrected chi connectivity index (χ0v) is 18.3. The van der Waals surface area contributed by atoms with Crippen LogP contribution in [0.25, 0.3) is 5.52 Å². The number of alkyl halides is 4. The quantitative estimate of drug-likeness (QED) is 0.434. The molecule has 0 unspecified atom stereocenters. The van der Waals surface area contributed by atoms with Crippen LogP contribution < -0.4 is 10.6 Å². The lowest BCUT2D eigenvalue weighted by Gasteiger charge is -2.18. The van der Waals surface area contributed by atoms with Crippen LogP contribution in [0.5, 0.6) is 0 Å². The molecule has 1 aliphatic carbocycles. The van der Waals surface area contributed by atoms with Gasteiger partial charge in [0.1, 0.15) is 24.4 Å². The highest BCUT2D eigenvalue weighted by Gasteiger charge is 2.41. The molecule has 3 N–H and O–H groups in total. The van der Waals surface area contributed by atoms with Gasteiger partial charge in [-0.15, -0.1) is 13.2 Å². The smallest absolute Gasteiger partial charge is 0.443 e. The minimum absolute atomic E-state index is 0.0647. The average Bonchev–Trinajstić information content (AvgIpc) is 3.45. The van der Waals surface area contributed by atoms with Crippen LogP contribution in [0.15, 0.2) is 24.5 Å². The third-order valence-electron chi connectivity index (χ3n) is 5.23. The van der Waals surface area contributed by atoms with E-state index in [2.05, 4.69) is 35.7 Å². The Labute approximate surface area is 191 Å². The number of nitrogens with one attached hydrogen (secondary N) is 3. The first kappa shape index (κ1) is 23.7. The SMILES string of the molecule is CC(C)NC(=O)O[C@H]1CC[C@@H](c2cc(Nc3nccn4nc(COC(F)(F)F)cc34)n[nH]2)[C@@H]1F. The van der Waals surface area contributed by atoms with E-state index in [9.17, 15) is 22.4 Å². The number of aromatic amines is 1. The van der Waals surface area contributed by atoms with Gasteiger partial charge in [-0.05, 0) is 32.8 Å². The summed E-state index contributed by atoms with van der Waals surface area (Å²) >= 11 is 0. The Morgan fingerprint density at radius 1 is 1.32 bits per heavy atom. The second-order valence-electron chi connectivity index (χ2n) is 8.18. The van der Waals surface area contributed by atoms with Crippen LogP contribution in [-0.2, 0) is 16.1 Å². The number of hydrogen-bond donors (Lipinski definition) is 3. The summed E-state index contributed by atoms with van der Waals surface area (Å²) in [5.41, 5.74) is 0.988. The van der Waals surface area contributed by atoms with Gasteiger partial charge in [0.25, 0.3) is 0 Å². The van der Waals surface area contributed by atoms with Crippen molar-refractivity contribution in [1.82, 2.24) is 30.1 Å². The molecule has 10 nitrogen and oxygen atoms in total. The number of alkyl carbamates (subject to hydrolysis) is 1. The molecule has 34 heavy (non-hydrogen) atoms. The predicted molar refractivity (Wildman–Crippen MR) is 111 cm³/mol. The molecule has 184 valence electrons. The first-order chi connectivity index (χ1) is 16.1. The summed E-state index contributed by atoms with van der Waals surface area (Å²) in [5, 5.41) is 16.5. The maximum atomic E-state index is 15.0. The third-order valence-corrected chi connectivity index (χ3v) is 5.23. The van der Waals surface area contributed by atoms with Crippen LogP contribution in [0, 0.1) is 0 Å². The van der Waals surface area contributed by atoms with E-state index in [0.717, 1.165) is 0 Å². The van der Waals surface area contributed by atoms with E-state index in [4.69, 9.17) is 4.74 Å². The van der Waals surface area contributed by atoms with Crippen molar-refractivity contribution in [3.63, 3.8) is 0 Å². The van der Waals surface area contributed by atoms with Gasteiger partial charge in [0, 0.05) is 36.1 Å². The van der Waals surface area contributed by atoms with Crippen molar-refractivity contribution in [2.75, 3.05) is 5.32 Å². The summed E-state index contributed by atoms with van der Waals surface area (Å²) in [7, 11) is 0. The van der Waals surface area contributed by atoms with E-state index in [1.54, 1.807) is 19.9 Å². The summed E-state index contributed by atoms with van der Waals surface area (Å²) in [6.45, 7) is 2.82. The van der Waals surface area contributed by atoms with Gasteiger partial charge in [-0.1, -0.05) is 0 Å². The summed E-state index contributed by atoms with van der Waals surface area (Å²) in [6, 6.07) is 2.90. The number of H-pyrrole nitrogens is 1. The van der Waals surface area contributed by atoms with Gasteiger partial charge in [-0.2, -0.15) is 10.2 Å². The molecule has 3 aromatic rings. The van der Waals surface area contributed by atoms with E-state index >= 15 is 0 Å². The van der Waals surface area contributed by atoms with Gasteiger partial charge in [-0.25, -0.2) is 18.7 Å². The molecule has 1 amide bonds. The summed E-state index contributed by atoms with van der Waals surface area (Å²) < 4.78 is 62.3. The number of hydrogen-bond acceptors (Lipinski definition) is 7. The van der Waals surface area contributed by atoms with Gasteiger partial charge in [0.15, 0.2) is 11.6 Å². The second kappa shape index (κ2) is 9.44. The Hall–Kier alpha value is -3.42. The Morgan fingerprint density at radius 3 is 2.85 bits per heavy atom. The molecule has 0 bridgehead atoms. The fraction of sp³-hybridized carbons (Fsp3) is 0.500. The number of nitrogens with zero attached hydrogens (tertiary/aromatic N) is 4. The molecule has 0 aromatic carbocycles. The molecule has 1 saturated carbocycles. The molecule has 0 radical (unpaired) electrons. The van der Waals surface area contributed by atoms with E-state index in [0.29, 0.717) is 35.7 Å². The lowest BCUT2D eigenvalue weighted by atomic mass is 10.0. The van der Waals surface area contributed by atoms with Crippen molar-refractivity contribution >= 4 is 23.2 Å². The predicted octanol–water partition coefficient (Wildman–Crippen LogP) is 3.95. The monoisotopic (exact) mass is 485 g/mol. The largest absolute Gasteiger partial charge is 0.522 e. The fourth-order valence-electron chi connectivity index (χ4n) is 3.79. The first-order valence-electron chi connectivity index (χ1n) is 10.6. The van der Waals surface area contributed by atoms with Gasteiger partial charge in [-0.3, -0.25) is 9.84 Å². The second-order valence-corrected chi connectivity index (χ2v) is 8.18. The molecule has 1 fully saturated rings. The summed E-state index contributed by atoms with van der Waals surface area (Å²) in [5.74, 6) is 0.0878. The number of anilines is 2. The maximum Gasteiger partial charge on any atom is 0.522 e. The van der Waals surface area contributed by atoms with E-state index in [1.165, 1.54) is 23.0 Å². The molecular formula is C20H23F4N7O3.